The minimum atomic E-state index is -1.43. The van der Waals surface area contributed by atoms with Gasteiger partial charge in [-0.15, -0.1) is 0 Å². The standard InChI is InChI=1S/C42H57N7O10S/c1-3-24(2)36(49-37(53)31(44)23-60)41(57)47-34(21-26-9-15-29(51)16-10-26)39(55)45-32(6-4-5-19-43)38(54)46-33(20-25-7-13-28(50)14-8-25)40(56)48-35(42(58)59)22-27-11-17-30(52)18-12-27/h7-18,24,31-36,50-52,60H,3-6,19-23,43-44H2,1-2H3,(H,45,55)(H,46,54)(H,47,57)(H,48,56)(H,49,53)(H,58,59)/t24-,31-,32-,33-,34-,35-,36-/m0/s1. The van der Waals surface area contributed by atoms with Crippen LogP contribution >= 0.6 is 12.6 Å². The van der Waals surface area contributed by atoms with Crippen LogP contribution in [0.2, 0.25) is 0 Å². The van der Waals surface area contributed by atoms with Crippen LogP contribution in [0.1, 0.15) is 56.2 Å². The molecule has 0 saturated carbocycles. The lowest BCUT2D eigenvalue weighted by Crippen LogP contribution is -2.60. The van der Waals surface area contributed by atoms with Crippen molar-refractivity contribution in [3.05, 3.63) is 89.5 Å². The number of phenolic OH excluding ortho intramolecular Hbond substituents is 3. The fourth-order valence-corrected chi connectivity index (χ4v) is 6.27. The van der Waals surface area contributed by atoms with Crippen LogP contribution in [0, 0.1) is 5.92 Å². The van der Waals surface area contributed by atoms with Crippen molar-refractivity contribution in [3.8, 4) is 17.2 Å². The van der Waals surface area contributed by atoms with Crippen molar-refractivity contribution in [2.75, 3.05) is 12.3 Å². The van der Waals surface area contributed by atoms with Crippen LogP contribution in [-0.2, 0) is 48.0 Å². The molecule has 7 atom stereocenters. The van der Waals surface area contributed by atoms with E-state index in [1.807, 2.05) is 6.92 Å². The number of amides is 5. The smallest absolute Gasteiger partial charge is 0.326 e. The number of thiol groups is 1. The second-order valence-corrected chi connectivity index (χ2v) is 15.0. The maximum absolute atomic E-state index is 14.2. The van der Waals surface area contributed by atoms with E-state index in [0.717, 1.165) is 0 Å². The van der Waals surface area contributed by atoms with E-state index in [1.165, 1.54) is 60.7 Å². The zero-order valence-electron chi connectivity index (χ0n) is 33.7. The van der Waals surface area contributed by atoms with Gasteiger partial charge in [0.15, 0.2) is 0 Å². The molecule has 0 aromatic heterocycles. The van der Waals surface area contributed by atoms with E-state index in [0.29, 0.717) is 36.0 Å². The van der Waals surface area contributed by atoms with Gasteiger partial charge in [0.25, 0.3) is 0 Å². The first kappa shape index (κ1) is 48.5. The van der Waals surface area contributed by atoms with Gasteiger partial charge in [-0.05, 0) is 84.8 Å². The first-order valence-electron chi connectivity index (χ1n) is 19.7. The van der Waals surface area contributed by atoms with Gasteiger partial charge in [-0.3, -0.25) is 24.0 Å². The molecular formula is C42H57N7O10S. The molecule has 5 amide bonds. The van der Waals surface area contributed by atoms with Crippen LogP contribution in [-0.4, -0.2) is 104 Å². The Morgan fingerprint density at radius 3 is 1.37 bits per heavy atom. The molecular weight excluding hydrogens is 795 g/mol. The highest BCUT2D eigenvalue weighted by molar-refractivity contribution is 7.80. The second-order valence-electron chi connectivity index (χ2n) is 14.6. The SMILES string of the molecule is CC[C@H](C)[C@H](NC(=O)[C@@H](N)CS)C(=O)N[C@@H](Cc1ccc(O)cc1)C(=O)N[C@@H](CCCCN)C(=O)N[C@@H](Cc1ccc(O)cc1)C(=O)N[C@@H](Cc1ccc(O)cc1)C(=O)O. The van der Waals surface area contributed by atoms with Gasteiger partial charge in [0.2, 0.25) is 29.5 Å². The van der Waals surface area contributed by atoms with Gasteiger partial charge in [-0.2, -0.15) is 12.6 Å². The molecule has 13 N–H and O–H groups in total. The maximum Gasteiger partial charge on any atom is 0.326 e. The van der Waals surface area contributed by atoms with Crippen LogP contribution in [0.15, 0.2) is 72.8 Å². The van der Waals surface area contributed by atoms with Crippen molar-refractivity contribution < 1.29 is 49.2 Å². The predicted octanol–water partition coefficient (Wildman–Crippen LogP) is 0.772. The van der Waals surface area contributed by atoms with Crippen LogP contribution < -0.4 is 38.1 Å². The number of nitrogens with one attached hydrogen (secondary N) is 5. The van der Waals surface area contributed by atoms with Gasteiger partial charge < -0.3 is 58.5 Å². The number of benzene rings is 3. The minimum Gasteiger partial charge on any atom is -0.508 e. The molecule has 0 spiro atoms. The molecule has 18 heteroatoms. The number of phenols is 3. The van der Waals surface area contributed by atoms with Crippen molar-refractivity contribution in [3.63, 3.8) is 0 Å². The minimum absolute atomic E-state index is 0.0254. The summed E-state index contributed by atoms with van der Waals surface area (Å²) in [6.45, 7) is 3.86. The molecule has 3 aromatic rings. The lowest BCUT2D eigenvalue weighted by Gasteiger charge is -2.29. The Morgan fingerprint density at radius 2 is 0.967 bits per heavy atom. The van der Waals surface area contributed by atoms with E-state index in [1.54, 1.807) is 19.1 Å². The van der Waals surface area contributed by atoms with E-state index >= 15 is 0 Å². The molecule has 0 aliphatic carbocycles. The molecule has 0 saturated heterocycles. The lowest BCUT2D eigenvalue weighted by molar-refractivity contribution is -0.142. The second kappa shape index (κ2) is 24.3. The average molecular weight is 852 g/mol. The molecule has 3 rings (SSSR count). The first-order chi connectivity index (χ1) is 28.5. The Kier molecular flexibility index (Phi) is 19.6. The lowest BCUT2D eigenvalue weighted by atomic mass is 9.96. The number of aromatic hydroxyl groups is 3. The van der Waals surface area contributed by atoms with Gasteiger partial charge in [0.05, 0.1) is 6.04 Å². The number of nitrogens with two attached hydrogens (primary N) is 2. The Hall–Kier alpha value is -5.85. The Balaban J connectivity index is 1.94. The highest BCUT2D eigenvalue weighted by atomic mass is 32.1. The zero-order valence-corrected chi connectivity index (χ0v) is 34.6. The third-order valence-electron chi connectivity index (χ3n) is 9.92. The number of unbranched alkanes of at least 4 members (excludes halogenated alkanes) is 1. The van der Waals surface area contributed by atoms with E-state index in [2.05, 4.69) is 39.2 Å². The first-order valence-corrected chi connectivity index (χ1v) is 20.3. The summed E-state index contributed by atoms with van der Waals surface area (Å²) in [6, 6.07) is 10.1. The van der Waals surface area contributed by atoms with Crippen LogP contribution in [0.25, 0.3) is 0 Å². The quantitative estimate of drug-likeness (QED) is 0.0440. The van der Waals surface area contributed by atoms with E-state index in [4.69, 9.17) is 11.5 Å². The molecule has 0 radical (unpaired) electrons. The van der Waals surface area contributed by atoms with E-state index in [9.17, 15) is 49.2 Å². The number of hydrogen-bond donors (Lipinski definition) is 12. The van der Waals surface area contributed by atoms with Gasteiger partial charge in [0, 0.05) is 25.0 Å². The Bertz CT molecular complexity index is 1880. The fourth-order valence-electron chi connectivity index (χ4n) is 6.11. The monoisotopic (exact) mass is 851 g/mol. The average Bonchev–Trinajstić information content (AvgIpc) is 3.22. The fraction of sp³-hybridized carbons (Fsp3) is 0.429. The summed E-state index contributed by atoms with van der Waals surface area (Å²) in [5, 5.41) is 52.7. The number of hydrogen-bond acceptors (Lipinski definition) is 12. The third kappa shape index (κ3) is 15.7. The topological polar surface area (TPSA) is 296 Å². The molecule has 0 fully saturated rings. The highest BCUT2D eigenvalue weighted by Crippen LogP contribution is 2.16. The number of aliphatic carboxylic acids is 1. The normalized spacial score (nSPS) is 14.6. The molecule has 0 bridgehead atoms. The molecule has 0 heterocycles. The Labute approximate surface area is 354 Å². The Morgan fingerprint density at radius 1 is 0.583 bits per heavy atom. The van der Waals surface area contributed by atoms with Crippen LogP contribution in [0.4, 0.5) is 0 Å². The number of carboxylic acid groups (broad SMARTS) is 1. The summed E-state index contributed by atoms with van der Waals surface area (Å²) in [4.78, 5) is 81.1. The zero-order chi connectivity index (χ0) is 44.4. The summed E-state index contributed by atoms with van der Waals surface area (Å²) in [6.07, 6.45) is 1.04. The number of carboxylic acids is 1. The molecule has 0 unspecified atom stereocenters. The largest absolute Gasteiger partial charge is 0.508 e. The number of carbonyl (C=O) groups excluding carboxylic acids is 5. The molecule has 3 aromatic carbocycles. The van der Waals surface area contributed by atoms with Crippen LogP contribution in [0.3, 0.4) is 0 Å². The van der Waals surface area contributed by atoms with Gasteiger partial charge in [0.1, 0.15) is 47.5 Å². The van der Waals surface area contributed by atoms with Crippen molar-refractivity contribution in [1.82, 2.24) is 26.6 Å². The summed E-state index contributed by atoms with van der Waals surface area (Å²) in [5.74, 6) is -5.50. The van der Waals surface area contributed by atoms with Gasteiger partial charge >= 0.3 is 5.97 Å². The molecule has 326 valence electrons. The van der Waals surface area contributed by atoms with Gasteiger partial charge in [-0.1, -0.05) is 56.7 Å². The van der Waals surface area contributed by atoms with Crippen LogP contribution in [0.5, 0.6) is 17.2 Å². The number of rotatable bonds is 24. The molecule has 0 aliphatic rings. The molecule has 60 heavy (non-hydrogen) atoms. The summed E-state index contributed by atoms with van der Waals surface area (Å²) in [7, 11) is 0. The summed E-state index contributed by atoms with van der Waals surface area (Å²) >= 11 is 4.07. The highest BCUT2D eigenvalue weighted by Gasteiger charge is 2.34. The summed E-state index contributed by atoms with van der Waals surface area (Å²) < 4.78 is 0. The maximum atomic E-state index is 14.2. The van der Waals surface area contributed by atoms with E-state index < -0.39 is 71.8 Å². The van der Waals surface area contributed by atoms with Gasteiger partial charge in [-0.25, -0.2) is 4.79 Å². The van der Waals surface area contributed by atoms with Crippen molar-refractivity contribution in [2.24, 2.45) is 17.4 Å². The van der Waals surface area contributed by atoms with Crippen molar-refractivity contribution >= 4 is 48.1 Å². The summed E-state index contributed by atoms with van der Waals surface area (Å²) in [5.41, 5.74) is 13.2. The van der Waals surface area contributed by atoms with E-state index in [-0.39, 0.29) is 61.1 Å². The molecule has 17 nitrogen and oxygen atoms in total. The number of carbonyl (C=O) groups is 6. The van der Waals surface area contributed by atoms with Crippen molar-refractivity contribution in [1.29, 1.82) is 0 Å². The molecule has 0 aliphatic heterocycles. The van der Waals surface area contributed by atoms with Crippen molar-refractivity contribution in [2.45, 2.75) is 95.0 Å². The third-order valence-corrected chi connectivity index (χ3v) is 10.3. The predicted molar refractivity (Wildman–Crippen MR) is 227 cm³/mol.